The molecule has 0 bridgehead atoms. The van der Waals surface area contributed by atoms with Gasteiger partial charge in [0.25, 0.3) is 0 Å². The predicted molar refractivity (Wildman–Crippen MR) is 56.5 cm³/mol. The monoisotopic (exact) mass is 229 g/mol. The summed E-state index contributed by atoms with van der Waals surface area (Å²) < 4.78 is 18.2. The van der Waals surface area contributed by atoms with E-state index in [1.54, 1.807) is 17.5 Å². The lowest BCUT2D eigenvalue weighted by atomic mass is 10.4. The maximum absolute atomic E-state index is 12.9. The quantitative estimate of drug-likeness (QED) is 0.862. The molecule has 82 valence electrons. The highest BCUT2D eigenvalue weighted by Gasteiger charge is 2.26. The fraction of sp³-hybridized carbons (Fsp3) is 0.556. The Labute approximate surface area is 91.2 Å². The maximum atomic E-state index is 12.9. The van der Waals surface area contributed by atoms with Crippen molar-refractivity contribution in [3.63, 3.8) is 0 Å². The molecule has 2 rings (SSSR count). The second-order valence-electron chi connectivity index (χ2n) is 3.20. The van der Waals surface area contributed by atoms with E-state index >= 15 is 0 Å². The van der Waals surface area contributed by atoms with E-state index in [0.717, 1.165) is 16.3 Å². The number of hydrogen-bond donors (Lipinski definition) is 1. The molecule has 2 unspecified atom stereocenters. The molecule has 1 aromatic rings. The number of nitrogens with one attached hydrogen (secondary N) is 1. The molecule has 1 aliphatic rings. The van der Waals surface area contributed by atoms with Gasteiger partial charge in [0.1, 0.15) is 0 Å². The van der Waals surface area contributed by atoms with E-state index in [1.807, 2.05) is 6.92 Å². The number of aromatic nitrogens is 1. The molecule has 6 heteroatoms. The molecule has 4 nitrogen and oxygen atoms in total. The van der Waals surface area contributed by atoms with Crippen LogP contribution in [0, 0.1) is 0 Å². The minimum Gasteiger partial charge on any atom is -0.447 e. The highest BCUT2D eigenvalue weighted by atomic mass is 32.1. The van der Waals surface area contributed by atoms with Crippen molar-refractivity contribution in [2.75, 3.05) is 0 Å². The summed E-state index contributed by atoms with van der Waals surface area (Å²) >= 11 is 1.55. The number of hydrogen-bond acceptors (Lipinski definition) is 5. The molecule has 0 fully saturated rings. The second-order valence-corrected chi connectivity index (χ2v) is 4.35. The largest absolute Gasteiger partial charge is 0.447 e. The first kappa shape index (κ1) is 10.4. The van der Waals surface area contributed by atoms with E-state index in [0.29, 0.717) is 0 Å². The molecule has 0 amide bonds. The lowest BCUT2D eigenvalue weighted by Crippen LogP contribution is -2.14. The predicted octanol–water partition coefficient (Wildman–Crippen LogP) is 2.00. The molecule has 0 spiro atoms. The van der Waals surface area contributed by atoms with E-state index in [4.69, 9.17) is 4.74 Å². The van der Waals surface area contributed by atoms with Crippen LogP contribution < -0.4 is 5.43 Å². The van der Waals surface area contributed by atoms with Crippen molar-refractivity contribution < 1.29 is 9.13 Å². The van der Waals surface area contributed by atoms with Crippen molar-refractivity contribution in [3.05, 3.63) is 16.1 Å². The van der Waals surface area contributed by atoms with Crippen LogP contribution in [0.15, 0.2) is 11.3 Å². The van der Waals surface area contributed by atoms with Gasteiger partial charge in [0.05, 0.1) is 9.88 Å². The van der Waals surface area contributed by atoms with Crippen LogP contribution in [0.2, 0.25) is 0 Å². The van der Waals surface area contributed by atoms with E-state index in [9.17, 15) is 4.39 Å². The van der Waals surface area contributed by atoms with Crippen LogP contribution in [0.25, 0.3) is 0 Å². The van der Waals surface area contributed by atoms with E-state index in [-0.39, 0.29) is 12.1 Å². The van der Waals surface area contributed by atoms with Gasteiger partial charge in [-0.05, 0) is 13.3 Å². The summed E-state index contributed by atoms with van der Waals surface area (Å²) in [5, 5.41) is 4.82. The van der Waals surface area contributed by atoms with Gasteiger partial charge in [0.15, 0.2) is 6.17 Å². The normalized spacial score (nSPS) is 21.8. The third kappa shape index (κ3) is 2.09. The summed E-state index contributed by atoms with van der Waals surface area (Å²) in [6.07, 6.45) is 1.07. The second kappa shape index (κ2) is 4.14. The number of rotatable bonds is 3. The minimum absolute atomic E-state index is 0.103. The highest BCUT2D eigenvalue weighted by Crippen LogP contribution is 2.25. The van der Waals surface area contributed by atoms with Gasteiger partial charge in [-0.3, -0.25) is 5.43 Å². The zero-order valence-electron chi connectivity index (χ0n) is 8.53. The molecule has 1 aromatic heterocycles. The summed E-state index contributed by atoms with van der Waals surface area (Å²) in [5.41, 5.74) is 2.74. The van der Waals surface area contributed by atoms with Gasteiger partial charge in [0.2, 0.25) is 12.1 Å². The molecular formula is C9H12FN3OS. The number of ether oxygens (including phenoxy) is 1. The van der Waals surface area contributed by atoms with Crippen molar-refractivity contribution in [2.24, 2.45) is 5.10 Å². The standard InChI is InChI=1S/C9H12FN3OS/c1-3-7-11-4-6(15-7)9-13-12-8(14-9)5(2)10/h4-5,9,13H,3H2,1-2H3. The van der Waals surface area contributed by atoms with Crippen molar-refractivity contribution in [1.82, 2.24) is 10.4 Å². The number of hydrazone groups is 1. The fourth-order valence-corrected chi connectivity index (χ4v) is 2.04. The lowest BCUT2D eigenvalue weighted by molar-refractivity contribution is 0.178. The number of nitrogens with zero attached hydrogens (tertiary/aromatic N) is 2. The summed E-state index contributed by atoms with van der Waals surface area (Å²) in [6, 6.07) is 0. The summed E-state index contributed by atoms with van der Waals surface area (Å²) in [7, 11) is 0. The molecule has 2 heterocycles. The van der Waals surface area contributed by atoms with Crippen LogP contribution in [-0.4, -0.2) is 17.1 Å². The summed E-state index contributed by atoms with van der Waals surface area (Å²) in [5.74, 6) is 0.103. The number of aryl methyl sites for hydroxylation is 1. The molecule has 0 aromatic carbocycles. The third-order valence-electron chi connectivity index (χ3n) is 2.00. The molecule has 0 radical (unpaired) electrons. The van der Waals surface area contributed by atoms with E-state index in [2.05, 4.69) is 15.5 Å². The number of halogens is 1. The molecule has 15 heavy (non-hydrogen) atoms. The highest BCUT2D eigenvalue weighted by molar-refractivity contribution is 7.11. The van der Waals surface area contributed by atoms with Crippen LogP contribution in [0.4, 0.5) is 4.39 Å². The van der Waals surface area contributed by atoms with E-state index < -0.39 is 6.17 Å². The first-order valence-electron chi connectivity index (χ1n) is 4.79. The topological polar surface area (TPSA) is 46.5 Å². The SMILES string of the molecule is CCc1ncc(C2NN=C(C(C)F)O2)s1. The third-order valence-corrected chi connectivity index (χ3v) is 3.19. The van der Waals surface area contributed by atoms with Crippen LogP contribution in [0.1, 0.15) is 30.0 Å². The Morgan fingerprint density at radius 3 is 3.07 bits per heavy atom. The first-order chi connectivity index (χ1) is 7.20. The summed E-state index contributed by atoms with van der Waals surface area (Å²) in [6.45, 7) is 3.43. The van der Waals surface area contributed by atoms with Crippen molar-refractivity contribution in [2.45, 2.75) is 32.7 Å². The minimum atomic E-state index is -1.18. The molecule has 0 saturated carbocycles. The molecule has 1 N–H and O–H groups in total. The Bertz CT molecular complexity index is 377. The lowest BCUT2D eigenvalue weighted by Gasteiger charge is -2.08. The van der Waals surface area contributed by atoms with Crippen molar-refractivity contribution >= 4 is 17.2 Å². The number of thiazole rings is 1. The molecule has 1 aliphatic heterocycles. The smallest absolute Gasteiger partial charge is 0.242 e. The Morgan fingerprint density at radius 1 is 1.73 bits per heavy atom. The maximum Gasteiger partial charge on any atom is 0.242 e. The molecule has 0 saturated heterocycles. The van der Waals surface area contributed by atoms with Crippen molar-refractivity contribution in [1.29, 1.82) is 0 Å². The summed E-state index contributed by atoms with van der Waals surface area (Å²) in [4.78, 5) is 5.13. The van der Waals surface area contributed by atoms with Crippen LogP contribution in [0.3, 0.4) is 0 Å². The van der Waals surface area contributed by atoms with Gasteiger partial charge < -0.3 is 4.74 Å². The molecular weight excluding hydrogens is 217 g/mol. The molecule has 0 aliphatic carbocycles. The Morgan fingerprint density at radius 2 is 2.53 bits per heavy atom. The van der Waals surface area contributed by atoms with Gasteiger partial charge in [-0.1, -0.05) is 6.92 Å². The Kier molecular flexibility index (Phi) is 2.86. The molecule has 2 atom stereocenters. The zero-order valence-corrected chi connectivity index (χ0v) is 9.34. The van der Waals surface area contributed by atoms with Crippen molar-refractivity contribution in [3.8, 4) is 0 Å². The van der Waals surface area contributed by atoms with Gasteiger partial charge in [-0.2, -0.15) is 0 Å². The van der Waals surface area contributed by atoms with E-state index in [1.165, 1.54) is 6.92 Å². The Hall–Kier alpha value is -1.17. The van der Waals surface area contributed by atoms with Gasteiger partial charge >= 0.3 is 0 Å². The number of alkyl halides is 1. The van der Waals surface area contributed by atoms with Gasteiger partial charge in [-0.15, -0.1) is 16.4 Å². The average molecular weight is 229 g/mol. The van der Waals surface area contributed by atoms with Crippen LogP contribution in [0.5, 0.6) is 0 Å². The van der Waals surface area contributed by atoms with Gasteiger partial charge in [0, 0.05) is 6.20 Å². The average Bonchev–Trinajstić information content (AvgIpc) is 2.86. The van der Waals surface area contributed by atoms with Crippen LogP contribution in [-0.2, 0) is 11.2 Å². The fourth-order valence-electron chi connectivity index (χ4n) is 1.21. The van der Waals surface area contributed by atoms with Gasteiger partial charge in [-0.25, -0.2) is 9.37 Å². The Balaban J connectivity index is 2.03. The zero-order chi connectivity index (χ0) is 10.8. The first-order valence-corrected chi connectivity index (χ1v) is 5.60. The van der Waals surface area contributed by atoms with Crippen LogP contribution >= 0.6 is 11.3 Å².